The minimum Gasteiger partial charge on any atom is -0.321 e. The Morgan fingerprint density at radius 3 is 2.33 bits per heavy atom. The van der Waals surface area contributed by atoms with E-state index in [0.717, 1.165) is 55.7 Å². The zero-order valence-corrected chi connectivity index (χ0v) is 17.6. The van der Waals surface area contributed by atoms with E-state index in [1.54, 1.807) is 6.20 Å². The Hall–Kier alpha value is -1.37. The molecule has 0 bridgehead atoms. The fourth-order valence-electron chi connectivity index (χ4n) is 3.37. The Kier molecular flexibility index (Phi) is 5.85. The molecule has 4 nitrogen and oxygen atoms in total. The molecule has 27 heavy (non-hydrogen) atoms. The van der Waals surface area contributed by atoms with Crippen LogP contribution in [0.3, 0.4) is 0 Å². The number of piperazine rings is 1. The molecule has 1 fully saturated rings. The third-order valence-electron chi connectivity index (χ3n) is 5.04. The van der Waals surface area contributed by atoms with Crippen molar-refractivity contribution in [2.24, 2.45) is 7.05 Å². The van der Waals surface area contributed by atoms with Gasteiger partial charge in [-0.25, -0.2) is 4.98 Å². The molecular formula is C20H22Cl2N4S. The SMILES string of the molecule is Cn1c(Cl)cnc1CN1CCN(Cc2ccc(-c3ccccc3Cl)s2)CC1. The van der Waals surface area contributed by atoms with Crippen LogP contribution in [0.15, 0.2) is 42.6 Å². The summed E-state index contributed by atoms with van der Waals surface area (Å²) in [4.78, 5) is 12.0. The van der Waals surface area contributed by atoms with Crippen LogP contribution in [0.1, 0.15) is 10.7 Å². The first-order valence-electron chi connectivity index (χ1n) is 9.04. The number of hydrogen-bond acceptors (Lipinski definition) is 4. The van der Waals surface area contributed by atoms with E-state index in [1.807, 2.05) is 41.2 Å². The summed E-state index contributed by atoms with van der Waals surface area (Å²) in [6.45, 7) is 6.08. The Bertz CT molecular complexity index is 912. The lowest BCUT2D eigenvalue weighted by Crippen LogP contribution is -2.45. The van der Waals surface area contributed by atoms with Gasteiger partial charge in [-0.1, -0.05) is 41.4 Å². The summed E-state index contributed by atoms with van der Waals surface area (Å²) in [5, 5.41) is 1.50. The van der Waals surface area contributed by atoms with E-state index in [0.29, 0.717) is 5.15 Å². The van der Waals surface area contributed by atoms with Crippen LogP contribution in [0.5, 0.6) is 0 Å². The molecule has 4 rings (SSSR count). The maximum absolute atomic E-state index is 6.33. The highest BCUT2D eigenvalue weighted by Crippen LogP contribution is 2.33. The molecule has 2 aromatic heterocycles. The third-order valence-corrected chi connectivity index (χ3v) is 6.82. The van der Waals surface area contributed by atoms with Gasteiger partial charge in [-0.15, -0.1) is 11.3 Å². The van der Waals surface area contributed by atoms with E-state index >= 15 is 0 Å². The number of thiophene rings is 1. The number of hydrogen-bond donors (Lipinski definition) is 0. The van der Waals surface area contributed by atoms with Crippen LogP contribution in [0.2, 0.25) is 10.2 Å². The quantitative estimate of drug-likeness (QED) is 0.593. The van der Waals surface area contributed by atoms with Crippen LogP contribution in [-0.2, 0) is 20.1 Å². The number of nitrogens with zero attached hydrogens (tertiary/aromatic N) is 4. The highest BCUT2D eigenvalue weighted by Gasteiger charge is 2.19. The van der Waals surface area contributed by atoms with Gasteiger partial charge in [-0.3, -0.25) is 9.80 Å². The first-order chi connectivity index (χ1) is 13.1. The number of rotatable bonds is 5. The van der Waals surface area contributed by atoms with Gasteiger partial charge >= 0.3 is 0 Å². The molecule has 0 amide bonds. The number of aromatic nitrogens is 2. The highest BCUT2D eigenvalue weighted by molar-refractivity contribution is 7.15. The molecule has 0 saturated carbocycles. The molecule has 3 aromatic rings. The van der Waals surface area contributed by atoms with Gasteiger partial charge in [-0.2, -0.15) is 0 Å². The molecule has 0 atom stereocenters. The maximum atomic E-state index is 6.33. The van der Waals surface area contributed by atoms with Crippen molar-refractivity contribution in [1.82, 2.24) is 19.4 Å². The lowest BCUT2D eigenvalue weighted by atomic mass is 10.2. The van der Waals surface area contributed by atoms with Crippen molar-refractivity contribution in [1.29, 1.82) is 0 Å². The van der Waals surface area contributed by atoms with Gasteiger partial charge < -0.3 is 4.57 Å². The van der Waals surface area contributed by atoms with Crippen LogP contribution >= 0.6 is 34.5 Å². The lowest BCUT2D eigenvalue weighted by Gasteiger charge is -2.34. The number of benzene rings is 1. The Morgan fingerprint density at radius 2 is 1.67 bits per heavy atom. The fraction of sp³-hybridized carbons (Fsp3) is 0.350. The van der Waals surface area contributed by atoms with E-state index in [4.69, 9.17) is 23.2 Å². The molecule has 142 valence electrons. The second kappa shape index (κ2) is 8.33. The largest absolute Gasteiger partial charge is 0.321 e. The Morgan fingerprint density at radius 1 is 0.963 bits per heavy atom. The molecule has 3 heterocycles. The summed E-state index contributed by atoms with van der Waals surface area (Å²) in [5.41, 5.74) is 1.12. The Labute approximate surface area is 173 Å². The van der Waals surface area contributed by atoms with Gasteiger partial charge in [0, 0.05) is 60.1 Å². The number of imidazole rings is 1. The first-order valence-corrected chi connectivity index (χ1v) is 10.6. The third kappa shape index (κ3) is 4.39. The zero-order chi connectivity index (χ0) is 18.8. The molecule has 0 radical (unpaired) electrons. The first kappa shape index (κ1) is 19.0. The molecular weight excluding hydrogens is 399 g/mol. The maximum Gasteiger partial charge on any atom is 0.128 e. The van der Waals surface area contributed by atoms with Gasteiger partial charge in [0.2, 0.25) is 0 Å². The molecule has 1 aliphatic rings. The molecule has 1 aromatic carbocycles. The monoisotopic (exact) mass is 420 g/mol. The van der Waals surface area contributed by atoms with Crippen LogP contribution < -0.4 is 0 Å². The van der Waals surface area contributed by atoms with Crippen LogP contribution in [-0.4, -0.2) is 45.5 Å². The van der Waals surface area contributed by atoms with E-state index < -0.39 is 0 Å². The van der Waals surface area contributed by atoms with E-state index in [-0.39, 0.29) is 0 Å². The lowest BCUT2D eigenvalue weighted by molar-refractivity contribution is 0.120. The summed E-state index contributed by atoms with van der Waals surface area (Å²) >= 11 is 14.2. The predicted octanol–water partition coefficient (Wildman–Crippen LogP) is 4.77. The Balaban J connectivity index is 1.32. The van der Waals surface area contributed by atoms with Crippen molar-refractivity contribution in [3.8, 4) is 10.4 Å². The van der Waals surface area contributed by atoms with Crippen molar-refractivity contribution in [2.75, 3.05) is 26.2 Å². The number of halogens is 2. The van der Waals surface area contributed by atoms with Gasteiger partial charge in [0.15, 0.2) is 0 Å². The highest BCUT2D eigenvalue weighted by atomic mass is 35.5. The average molecular weight is 421 g/mol. The molecule has 1 saturated heterocycles. The van der Waals surface area contributed by atoms with Gasteiger partial charge in [0.1, 0.15) is 11.0 Å². The molecule has 1 aliphatic heterocycles. The summed E-state index contributed by atoms with van der Waals surface area (Å²) < 4.78 is 1.95. The standard InChI is InChI=1S/C20H22Cl2N4S/c1-24-19(22)12-23-20(24)14-26-10-8-25(9-11-26)13-15-6-7-18(27-15)16-4-2-3-5-17(16)21/h2-7,12H,8-11,13-14H2,1H3. The van der Waals surface area contributed by atoms with Gasteiger partial charge in [0.05, 0.1) is 12.7 Å². The van der Waals surface area contributed by atoms with Crippen molar-refractivity contribution >= 4 is 34.5 Å². The molecule has 0 spiro atoms. The topological polar surface area (TPSA) is 24.3 Å². The minimum atomic E-state index is 0.690. The fourth-order valence-corrected chi connectivity index (χ4v) is 4.90. The summed E-state index contributed by atoms with van der Waals surface area (Å²) in [6.07, 6.45) is 1.72. The molecule has 0 aliphatic carbocycles. The summed E-state index contributed by atoms with van der Waals surface area (Å²) in [6, 6.07) is 12.5. The molecule has 0 unspecified atom stereocenters. The molecule has 7 heteroatoms. The van der Waals surface area contributed by atoms with E-state index in [1.165, 1.54) is 9.75 Å². The van der Waals surface area contributed by atoms with Crippen LogP contribution in [0, 0.1) is 0 Å². The minimum absolute atomic E-state index is 0.690. The second-order valence-electron chi connectivity index (χ2n) is 6.85. The van der Waals surface area contributed by atoms with Crippen molar-refractivity contribution < 1.29 is 0 Å². The van der Waals surface area contributed by atoms with E-state index in [9.17, 15) is 0 Å². The zero-order valence-electron chi connectivity index (χ0n) is 15.2. The molecule has 0 N–H and O–H groups in total. The van der Waals surface area contributed by atoms with Crippen molar-refractivity contribution in [3.63, 3.8) is 0 Å². The van der Waals surface area contributed by atoms with Gasteiger partial charge in [-0.05, 0) is 18.2 Å². The van der Waals surface area contributed by atoms with Crippen molar-refractivity contribution in [2.45, 2.75) is 13.1 Å². The van der Waals surface area contributed by atoms with Crippen molar-refractivity contribution in [3.05, 3.63) is 63.5 Å². The smallest absolute Gasteiger partial charge is 0.128 e. The van der Waals surface area contributed by atoms with E-state index in [2.05, 4.69) is 33.0 Å². The average Bonchev–Trinajstić information content (AvgIpc) is 3.26. The van der Waals surface area contributed by atoms with Crippen LogP contribution in [0.4, 0.5) is 0 Å². The summed E-state index contributed by atoms with van der Waals surface area (Å²) in [7, 11) is 1.97. The van der Waals surface area contributed by atoms with Crippen LogP contribution in [0.25, 0.3) is 10.4 Å². The second-order valence-corrected chi connectivity index (χ2v) is 8.82. The normalized spacial score (nSPS) is 16.1. The summed E-state index contributed by atoms with van der Waals surface area (Å²) in [5.74, 6) is 1.02. The predicted molar refractivity (Wildman–Crippen MR) is 114 cm³/mol. The van der Waals surface area contributed by atoms with Gasteiger partial charge in [0.25, 0.3) is 0 Å².